The van der Waals surface area contributed by atoms with Gasteiger partial charge >= 0.3 is 0 Å². The number of benzene rings is 2. The first-order valence-corrected chi connectivity index (χ1v) is 10.9. The Morgan fingerprint density at radius 1 is 0.812 bits per heavy atom. The first-order chi connectivity index (χ1) is 15.4. The Labute approximate surface area is 189 Å². The van der Waals surface area contributed by atoms with E-state index < -0.39 is 0 Å². The number of hydrogen-bond acceptors (Lipinski definition) is 5. The smallest absolute Gasteiger partial charge is 0.260 e. The first-order valence-electron chi connectivity index (χ1n) is 10.9. The maximum Gasteiger partial charge on any atom is 0.260 e. The summed E-state index contributed by atoms with van der Waals surface area (Å²) in [7, 11) is 3.16. The number of aryl methyl sites for hydroxylation is 2. The van der Waals surface area contributed by atoms with Crippen LogP contribution in [0.1, 0.15) is 23.1 Å². The first kappa shape index (κ1) is 23.4. The van der Waals surface area contributed by atoms with Crippen LogP contribution in [0.2, 0.25) is 0 Å². The summed E-state index contributed by atoms with van der Waals surface area (Å²) in [5.74, 6) is 1.92. The van der Waals surface area contributed by atoms with Crippen molar-refractivity contribution in [2.45, 2.75) is 26.7 Å². The molecule has 1 aliphatic heterocycles. The molecule has 1 heterocycles. The summed E-state index contributed by atoms with van der Waals surface area (Å²) in [4.78, 5) is 29.1. The molecule has 0 spiro atoms. The molecule has 0 radical (unpaired) electrons. The molecule has 1 fully saturated rings. The number of carbonyl (C=O) groups is 2. The van der Waals surface area contributed by atoms with Gasteiger partial charge in [0.1, 0.15) is 5.75 Å². The van der Waals surface area contributed by atoms with E-state index in [4.69, 9.17) is 14.2 Å². The maximum atomic E-state index is 12.8. The molecular weight excluding hydrogens is 408 g/mol. The second kappa shape index (κ2) is 10.9. The fourth-order valence-corrected chi connectivity index (χ4v) is 3.73. The molecule has 0 bridgehead atoms. The second-order valence-electron chi connectivity index (χ2n) is 8.02. The number of nitrogens with zero attached hydrogens (tertiary/aromatic N) is 2. The highest BCUT2D eigenvalue weighted by atomic mass is 16.5. The molecular formula is C25H32N2O5. The van der Waals surface area contributed by atoms with E-state index in [2.05, 4.69) is 0 Å². The minimum atomic E-state index is -0.0579. The van der Waals surface area contributed by atoms with Gasteiger partial charge in [0.15, 0.2) is 18.1 Å². The quantitative estimate of drug-likeness (QED) is 0.662. The number of carbonyl (C=O) groups excluding carboxylic acids is 2. The molecule has 3 rings (SSSR count). The van der Waals surface area contributed by atoms with E-state index in [1.807, 2.05) is 49.1 Å². The zero-order valence-corrected chi connectivity index (χ0v) is 19.3. The molecule has 0 saturated carbocycles. The molecule has 32 heavy (non-hydrogen) atoms. The van der Waals surface area contributed by atoms with Gasteiger partial charge in [-0.1, -0.05) is 12.1 Å². The van der Waals surface area contributed by atoms with Crippen molar-refractivity contribution in [2.24, 2.45) is 0 Å². The highest BCUT2D eigenvalue weighted by Crippen LogP contribution is 2.28. The van der Waals surface area contributed by atoms with E-state index in [0.717, 1.165) is 17.5 Å². The predicted molar refractivity (Wildman–Crippen MR) is 122 cm³/mol. The van der Waals surface area contributed by atoms with E-state index >= 15 is 0 Å². The van der Waals surface area contributed by atoms with Crippen molar-refractivity contribution in [3.8, 4) is 17.2 Å². The van der Waals surface area contributed by atoms with Crippen molar-refractivity contribution in [3.05, 3.63) is 53.1 Å². The lowest BCUT2D eigenvalue weighted by Crippen LogP contribution is -2.39. The van der Waals surface area contributed by atoms with E-state index in [1.165, 1.54) is 5.56 Å². The molecule has 2 aromatic carbocycles. The topological polar surface area (TPSA) is 68.3 Å². The van der Waals surface area contributed by atoms with Crippen LogP contribution < -0.4 is 14.2 Å². The highest BCUT2D eigenvalue weighted by Gasteiger charge is 2.22. The van der Waals surface area contributed by atoms with Gasteiger partial charge < -0.3 is 24.0 Å². The molecule has 0 N–H and O–H groups in total. The average Bonchev–Trinajstić information content (AvgIpc) is 3.06. The van der Waals surface area contributed by atoms with Gasteiger partial charge in [-0.2, -0.15) is 0 Å². The summed E-state index contributed by atoms with van der Waals surface area (Å²) in [5.41, 5.74) is 3.19. The van der Waals surface area contributed by atoms with E-state index in [-0.39, 0.29) is 24.8 Å². The van der Waals surface area contributed by atoms with Crippen LogP contribution in [0, 0.1) is 13.8 Å². The number of methoxy groups -OCH3 is 2. The van der Waals surface area contributed by atoms with Crippen LogP contribution in [0.15, 0.2) is 36.4 Å². The minimum Gasteiger partial charge on any atom is -0.493 e. The van der Waals surface area contributed by atoms with Crippen LogP contribution in [-0.2, 0) is 16.0 Å². The van der Waals surface area contributed by atoms with Gasteiger partial charge in [-0.25, -0.2) is 0 Å². The number of ether oxygens (including phenoxy) is 3. The van der Waals surface area contributed by atoms with Crippen molar-refractivity contribution in [1.82, 2.24) is 9.80 Å². The monoisotopic (exact) mass is 440 g/mol. The van der Waals surface area contributed by atoms with Crippen molar-refractivity contribution in [3.63, 3.8) is 0 Å². The highest BCUT2D eigenvalue weighted by molar-refractivity contribution is 5.80. The summed E-state index contributed by atoms with van der Waals surface area (Å²) in [5, 5.41) is 0. The van der Waals surface area contributed by atoms with Crippen LogP contribution in [0.5, 0.6) is 17.2 Å². The van der Waals surface area contributed by atoms with Gasteiger partial charge in [0.25, 0.3) is 5.91 Å². The lowest BCUT2D eigenvalue weighted by atomic mass is 10.1. The minimum absolute atomic E-state index is 0.00207. The Hall–Kier alpha value is -3.22. The van der Waals surface area contributed by atoms with E-state index in [1.54, 1.807) is 25.2 Å². The van der Waals surface area contributed by atoms with Gasteiger partial charge in [0.05, 0.1) is 20.6 Å². The number of amides is 2. The van der Waals surface area contributed by atoms with Crippen molar-refractivity contribution in [1.29, 1.82) is 0 Å². The Morgan fingerprint density at radius 2 is 1.50 bits per heavy atom. The fourth-order valence-electron chi connectivity index (χ4n) is 3.73. The average molecular weight is 441 g/mol. The molecule has 2 aromatic rings. The molecule has 172 valence electrons. The van der Waals surface area contributed by atoms with Crippen LogP contribution in [0.3, 0.4) is 0 Å². The van der Waals surface area contributed by atoms with Crippen LogP contribution in [0.25, 0.3) is 0 Å². The zero-order valence-electron chi connectivity index (χ0n) is 19.3. The third-order valence-electron chi connectivity index (χ3n) is 5.85. The number of rotatable bonds is 7. The van der Waals surface area contributed by atoms with Gasteiger partial charge in [-0.3, -0.25) is 9.59 Å². The Bertz CT molecular complexity index is 959. The van der Waals surface area contributed by atoms with Crippen LogP contribution in [-0.4, -0.2) is 68.6 Å². The van der Waals surface area contributed by atoms with Gasteiger partial charge in [-0.15, -0.1) is 0 Å². The maximum absolute atomic E-state index is 12.8. The molecule has 7 heteroatoms. The Morgan fingerprint density at radius 3 is 2.16 bits per heavy atom. The normalized spacial score (nSPS) is 14.0. The van der Waals surface area contributed by atoms with Crippen molar-refractivity contribution in [2.75, 3.05) is 47.0 Å². The van der Waals surface area contributed by atoms with Gasteiger partial charge in [0, 0.05) is 26.2 Å². The van der Waals surface area contributed by atoms with Gasteiger partial charge in [-0.05, 0) is 61.2 Å². The summed E-state index contributed by atoms with van der Waals surface area (Å²) in [6, 6.07) is 11.3. The Kier molecular flexibility index (Phi) is 7.98. The van der Waals surface area contributed by atoms with Crippen molar-refractivity contribution >= 4 is 11.8 Å². The fraction of sp³-hybridized carbons (Fsp3) is 0.440. The second-order valence-corrected chi connectivity index (χ2v) is 8.02. The van der Waals surface area contributed by atoms with Gasteiger partial charge in [0.2, 0.25) is 5.91 Å². The lowest BCUT2D eigenvalue weighted by Gasteiger charge is -2.22. The van der Waals surface area contributed by atoms with Crippen molar-refractivity contribution < 1.29 is 23.8 Å². The SMILES string of the molecule is COc1ccc(CC(=O)N2CCCN(C(=O)COc3ccc(C)c(C)c3)CC2)cc1OC. The standard InChI is InChI=1S/C25H32N2O5/c1-18-6-8-21(14-19(18)2)32-17-25(29)27-11-5-10-26(12-13-27)24(28)16-20-7-9-22(30-3)23(15-20)31-4/h6-9,14-15H,5,10-13,16-17H2,1-4H3. The Balaban J connectivity index is 1.52. The lowest BCUT2D eigenvalue weighted by molar-refractivity contribution is -0.134. The van der Waals surface area contributed by atoms with E-state index in [0.29, 0.717) is 43.4 Å². The zero-order chi connectivity index (χ0) is 23.1. The molecule has 7 nitrogen and oxygen atoms in total. The summed E-state index contributed by atoms with van der Waals surface area (Å²) >= 11 is 0. The molecule has 0 atom stereocenters. The summed E-state index contributed by atoms with van der Waals surface area (Å²) in [6.45, 7) is 6.34. The third kappa shape index (κ3) is 5.93. The van der Waals surface area contributed by atoms with E-state index in [9.17, 15) is 9.59 Å². The van der Waals surface area contributed by atoms with Crippen LogP contribution >= 0.6 is 0 Å². The largest absolute Gasteiger partial charge is 0.493 e. The molecule has 1 saturated heterocycles. The summed E-state index contributed by atoms with van der Waals surface area (Å²) in [6.07, 6.45) is 1.03. The molecule has 0 aliphatic carbocycles. The molecule has 0 aromatic heterocycles. The molecule has 0 unspecified atom stereocenters. The summed E-state index contributed by atoms with van der Waals surface area (Å²) < 4.78 is 16.3. The molecule has 2 amide bonds. The molecule has 1 aliphatic rings. The van der Waals surface area contributed by atoms with Crippen LogP contribution in [0.4, 0.5) is 0 Å². The predicted octanol–water partition coefficient (Wildman–Crippen LogP) is 3.00. The number of hydrogen-bond donors (Lipinski definition) is 0. The third-order valence-corrected chi connectivity index (χ3v) is 5.85.